The number of nitrogens with zero attached hydrogens (tertiary/aromatic N) is 2. The van der Waals surface area contributed by atoms with Crippen molar-refractivity contribution >= 4 is 23.1 Å². The van der Waals surface area contributed by atoms with Crippen LogP contribution in [-0.4, -0.2) is 16.6 Å². The second-order valence-electron chi connectivity index (χ2n) is 4.53. The molecule has 0 bridgehead atoms. The molecular weight excluding hydrogens is 262 g/mol. The highest BCUT2D eigenvalue weighted by Gasteiger charge is 2.38. The SMILES string of the molecule is N#CC(C(=O)Nc1ccc([N+](=O)[O-])cc1)C(=O)C1CC1. The van der Waals surface area contributed by atoms with Crippen LogP contribution in [0.25, 0.3) is 0 Å². The quantitative estimate of drug-likeness (QED) is 0.497. The van der Waals surface area contributed by atoms with Crippen LogP contribution in [-0.2, 0) is 9.59 Å². The van der Waals surface area contributed by atoms with Gasteiger partial charge in [0, 0.05) is 23.7 Å². The number of hydrogen-bond acceptors (Lipinski definition) is 5. The minimum absolute atomic E-state index is 0.103. The Hall–Kier alpha value is -2.75. The Balaban J connectivity index is 2.04. The molecule has 1 fully saturated rings. The number of rotatable bonds is 5. The lowest BCUT2D eigenvalue weighted by Gasteiger charge is -2.08. The molecule has 20 heavy (non-hydrogen) atoms. The molecule has 1 unspecified atom stereocenters. The van der Waals surface area contributed by atoms with Crippen molar-refractivity contribution in [3.8, 4) is 6.07 Å². The van der Waals surface area contributed by atoms with Crippen LogP contribution >= 0.6 is 0 Å². The van der Waals surface area contributed by atoms with Crippen LogP contribution in [0.4, 0.5) is 11.4 Å². The van der Waals surface area contributed by atoms with Gasteiger partial charge in [-0.1, -0.05) is 0 Å². The predicted molar refractivity (Wildman–Crippen MR) is 68.6 cm³/mol. The van der Waals surface area contributed by atoms with Gasteiger partial charge in [-0.15, -0.1) is 0 Å². The molecule has 0 radical (unpaired) electrons. The van der Waals surface area contributed by atoms with E-state index in [0.717, 1.165) is 12.8 Å². The zero-order chi connectivity index (χ0) is 14.7. The molecule has 1 saturated carbocycles. The van der Waals surface area contributed by atoms with E-state index in [1.807, 2.05) is 0 Å². The maximum atomic E-state index is 11.8. The van der Waals surface area contributed by atoms with Crippen LogP contribution in [0.3, 0.4) is 0 Å². The summed E-state index contributed by atoms with van der Waals surface area (Å²) in [5, 5.41) is 21.8. The first kappa shape index (κ1) is 13.7. The van der Waals surface area contributed by atoms with E-state index >= 15 is 0 Å². The number of benzene rings is 1. The van der Waals surface area contributed by atoms with Crippen LogP contribution in [0.5, 0.6) is 0 Å². The van der Waals surface area contributed by atoms with Gasteiger partial charge in [0.2, 0.25) is 5.91 Å². The van der Waals surface area contributed by atoms with Crippen molar-refractivity contribution in [2.75, 3.05) is 5.32 Å². The highest BCUT2D eigenvalue weighted by Crippen LogP contribution is 2.32. The Kier molecular flexibility index (Phi) is 3.75. The van der Waals surface area contributed by atoms with Gasteiger partial charge in [-0.3, -0.25) is 19.7 Å². The summed E-state index contributed by atoms with van der Waals surface area (Å²) in [6.45, 7) is 0. The topological polar surface area (TPSA) is 113 Å². The average molecular weight is 273 g/mol. The summed E-state index contributed by atoms with van der Waals surface area (Å²) in [4.78, 5) is 33.5. The predicted octanol–water partition coefficient (Wildman–Crippen LogP) is 1.65. The summed E-state index contributed by atoms with van der Waals surface area (Å²) < 4.78 is 0. The lowest BCUT2D eigenvalue weighted by molar-refractivity contribution is -0.384. The summed E-state index contributed by atoms with van der Waals surface area (Å²) in [5.74, 6) is -2.55. The fourth-order valence-corrected chi connectivity index (χ4v) is 1.74. The maximum absolute atomic E-state index is 11.8. The molecule has 7 heteroatoms. The first-order valence-corrected chi connectivity index (χ1v) is 6.01. The van der Waals surface area contributed by atoms with E-state index in [2.05, 4.69) is 5.32 Å². The fourth-order valence-electron chi connectivity index (χ4n) is 1.74. The molecule has 0 aromatic heterocycles. The number of Topliss-reactive ketones (excluding diaryl/α,β-unsaturated/α-hetero) is 1. The van der Waals surface area contributed by atoms with Gasteiger partial charge in [0.25, 0.3) is 5.69 Å². The summed E-state index contributed by atoms with van der Waals surface area (Å²) in [5.41, 5.74) is 0.207. The summed E-state index contributed by atoms with van der Waals surface area (Å²) in [6.07, 6.45) is 1.45. The maximum Gasteiger partial charge on any atom is 0.269 e. The highest BCUT2D eigenvalue weighted by molar-refractivity contribution is 6.10. The van der Waals surface area contributed by atoms with Gasteiger partial charge in [0.1, 0.15) is 0 Å². The molecular formula is C13H11N3O4. The third-order valence-electron chi connectivity index (χ3n) is 3.00. The second-order valence-corrected chi connectivity index (χ2v) is 4.53. The van der Waals surface area contributed by atoms with E-state index in [1.54, 1.807) is 6.07 Å². The summed E-state index contributed by atoms with van der Waals surface area (Å²) in [6, 6.07) is 6.88. The van der Waals surface area contributed by atoms with E-state index in [-0.39, 0.29) is 17.4 Å². The third-order valence-corrected chi connectivity index (χ3v) is 3.00. The third kappa shape index (κ3) is 2.98. The van der Waals surface area contributed by atoms with Gasteiger partial charge in [-0.05, 0) is 25.0 Å². The first-order valence-electron chi connectivity index (χ1n) is 6.01. The van der Waals surface area contributed by atoms with Gasteiger partial charge in [0.15, 0.2) is 11.7 Å². The highest BCUT2D eigenvalue weighted by atomic mass is 16.6. The van der Waals surface area contributed by atoms with Crippen LogP contribution < -0.4 is 5.32 Å². The van der Waals surface area contributed by atoms with E-state index in [0.29, 0.717) is 5.69 Å². The zero-order valence-corrected chi connectivity index (χ0v) is 10.4. The Labute approximate surface area is 114 Å². The Morgan fingerprint density at radius 1 is 1.35 bits per heavy atom. The second kappa shape index (κ2) is 5.48. The largest absolute Gasteiger partial charge is 0.325 e. The van der Waals surface area contributed by atoms with E-state index in [1.165, 1.54) is 24.3 Å². The Morgan fingerprint density at radius 3 is 2.40 bits per heavy atom. The zero-order valence-electron chi connectivity index (χ0n) is 10.4. The van der Waals surface area contributed by atoms with Crippen LogP contribution in [0, 0.1) is 33.3 Å². The van der Waals surface area contributed by atoms with Crippen LogP contribution in [0.2, 0.25) is 0 Å². The fraction of sp³-hybridized carbons (Fsp3) is 0.308. The Bertz CT molecular complexity index is 599. The van der Waals surface area contributed by atoms with Crippen molar-refractivity contribution in [2.45, 2.75) is 12.8 Å². The number of anilines is 1. The molecule has 0 saturated heterocycles. The van der Waals surface area contributed by atoms with E-state index in [4.69, 9.17) is 5.26 Å². The van der Waals surface area contributed by atoms with E-state index in [9.17, 15) is 19.7 Å². The molecule has 0 spiro atoms. The standard InChI is InChI=1S/C13H11N3O4/c14-7-11(12(17)8-1-2-8)13(18)15-9-3-5-10(6-4-9)16(19)20/h3-6,8,11H,1-2H2,(H,15,18). The van der Waals surface area contributed by atoms with Crippen molar-refractivity contribution in [1.29, 1.82) is 5.26 Å². The molecule has 1 aromatic rings. The van der Waals surface area contributed by atoms with Crippen molar-refractivity contribution in [3.05, 3.63) is 34.4 Å². The number of nitriles is 1. The molecule has 0 aliphatic heterocycles. The van der Waals surface area contributed by atoms with Gasteiger partial charge in [0.05, 0.1) is 11.0 Å². The molecule has 2 rings (SSSR count). The van der Waals surface area contributed by atoms with Gasteiger partial charge < -0.3 is 5.32 Å². The normalized spacial score (nSPS) is 14.9. The number of carbonyl (C=O) groups is 2. The number of nitro benzene ring substituents is 1. The Morgan fingerprint density at radius 2 is 1.95 bits per heavy atom. The van der Waals surface area contributed by atoms with Gasteiger partial charge in [-0.2, -0.15) is 5.26 Å². The first-order chi connectivity index (χ1) is 9.52. The number of carbonyl (C=O) groups excluding carboxylic acids is 2. The van der Waals surface area contributed by atoms with Gasteiger partial charge in [-0.25, -0.2) is 0 Å². The van der Waals surface area contributed by atoms with Crippen LogP contribution in [0.1, 0.15) is 12.8 Å². The lowest BCUT2D eigenvalue weighted by atomic mass is 10.0. The van der Waals surface area contributed by atoms with Gasteiger partial charge >= 0.3 is 0 Å². The van der Waals surface area contributed by atoms with Crippen molar-refractivity contribution < 1.29 is 14.5 Å². The molecule has 1 aliphatic carbocycles. The summed E-state index contributed by atoms with van der Waals surface area (Å²) in [7, 11) is 0. The van der Waals surface area contributed by atoms with Crippen molar-refractivity contribution in [2.24, 2.45) is 11.8 Å². The number of nitro groups is 1. The minimum atomic E-state index is -1.32. The molecule has 102 valence electrons. The smallest absolute Gasteiger partial charge is 0.269 e. The van der Waals surface area contributed by atoms with E-state index < -0.39 is 16.7 Å². The number of ketones is 1. The molecule has 7 nitrogen and oxygen atoms in total. The average Bonchev–Trinajstić information content (AvgIpc) is 3.24. The lowest BCUT2D eigenvalue weighted by Crippen LogP contribution is -2.29. The molecule has 1 aromatic carbocycles. The summed E-state index contributed by atoms with van der Waals surface area (Å²) >= 11 is 0. The number of non-ortho nitro benzene ring substituents is 1. The monoisotopic (exact) mass is 273 g/mol. The molecule has 0 heterocycles. The molecule has 1 aliphatic rings. The number of hydrogen-bond donors (Lipinski definition) is 1. The minimum Gasteiger partial charge on any atom is -0.325 e. The number of amides is 1. The molecule has 1 N–H and O–H groups in total. The van der Waals surface area contributed by atoms with Crippen LogP contribution in [0.15, 0.2) is 24.3 Å². The van der Waals surface area contributed by atoms with Crippen molar-refractivity contribution in [1.82, 2.24) is 0 Å². The molecule has 1 atom stereocenters. The molecule has 1 amide bonds. The number of nitrogens with one attached hydrogen (secondary N) is 1. The van der Waals surface area contributed by atoms with Crippen molar-refractivity contribution in [3.63, 3.8) is 0 Å².